The van der Waals surface area contributed by atoms with Crippen molar-refractivity contribution in [1.82, 2.24) is 10.0 Å². The fraction of sp³-hybridized carbons (Fsp3) is 0.800. The summed E-state index contributed by atoms with van der Waals surface area (Å²) in [5, 5.41) is 11.1. The van der Waals surface area contributed by atoms with Gasteiger partial charge in [0.1, 0.15) is 10.7 Å². The molecule has 5 nitrogen and oxygen atoms in total. The SMILES string of the molecule is CN1C(O)C(C(F)(F)F)=C(Cl)N1C1COC(C)(C)O1. The minimum Gasteiger partial charge on any atom is -0.372 e. The fourth-order valence-electron chi connectivity index (χ4n) is 2.05. The van der Waals surface area contributed by atoms with Gasteiger partial charge in [0.25, 0.3) is 0 Å². The van der Waals surface area contributed by atoms with E-state index in [9.17, 15) is 18.3 Å². The van der Waals surface area contributed by atoms with Gasteiger partial charge in [-0.2, -0.15) is 18.2 Å². The van der Waals surface area contributed by atoms with E-state index in [0.717, 1.165) is 10.0 Å². The van der Waals surface area contributed by atoms with Gasteiger partial charge in [0, 0.05) is 7.05 Å². The first kappa shape index (κ1) is 14.9. The van der Waals surface area contributed by atoms with Crippen molar-refractivity contribution in [2.75, 3.05) is 13.7 Å². The predicted molar refractivity (Wildman–Crippen MR) is 59.4 cm³/mol. The van der Waals surface area contributed by atoms with Gasteiger partial charge in [0.15, 0.2) is 18.2 Å². The van der Waals surface area contributed by atoms with Crippen molar-refractivity contribution in [2.45, 2.75) is 38.3 Å². The lowest BCUT2D eigenvalue weighted by molar-refractivity contribution is -0.194. The second-order valence-electron chi connectivity index (χ2n) is 4.78. The van der Waals surface area contributed by atoms with Crippen molar-refractivity contribution >= 4 is 11.6 Å². The molecule has 1 fully saturated rings. The summed E-state index contributed by atoms with van der Waals surface area (Å²) in [7, 11) is 1.29. The van der Waals surface area contributed by atoms with Crippen LogP contribution in [0.2, 0.25) is 0 Å². The van der Waals surface area contributed by atoms with Crippen LogP contribution in [0.15, 0.2) is 10.7 Å². The molecular formula is C10H14ClF3N2O3. The Hall–Kier alpha value is -0.540. The van der Waals surface area contributed by atoms with Gasteiger partial charge >= 0.3 is 6.18 Å². The molecule has 2 atom stereocenters. The molecule has 0 amide bonds. The minimum absolute atomic E-state index is 0.0470. The molecule has 110 valence electrons. The predicted octanol–water partition coefficient (Wildman–Crippen LogP) is 1.59. The maximum Gasteiger partial charge on any atom is 0.419 e. The normalized spacial score (nSPS) is 32.5. The van der Waals surface area contributed by atoms with E-state index in [1.165, 1.54) is 7.05 Å². The van der Waals surface area contributed by atoms with Crippen LogP contribution >= 0.6 is 11.6 Å². The first-order valence-corrected chi connectivity index (χ1v) is 5.91. The molecule has 2 heterocycles. The highest BCUT2D eigenvalue weighted by Crippen LogP contribution is 2.42. The number of likely N-dealkylation sites (N-methyl/N-ethyl adjacent to an activating group) is 1. The summed E-state index contributed by atoms with van der Waals surface area (Å²) in [4.78, 5) is 0. The number of nitrogens with zero attached hydrogens (tertiary/aromatic N) is 2. The van der Waals surface area contributed by atoms with E-state index in [0.29, 0.717) is 0 Å². The van der Waals surface area contributed by atoms with Crippen molar-refractivity contribution in [3.8, 4) is 0 Å². The molecule has 1 N–H and O–H groups in total. The van der Waals surface area contributed by atoms with Gasteiger partial charge in [-0.3, -0.25) is 5.01 Å². The smallest absolute Gasteiger partial charge is 0.372 e. The van der Waals surface area contributed by atoms with E-state index in [1.807, 2.05) is 0 Å². The van der Waals surface area contributed by atoms with Crippen LogP contribution in [0.3, 0.4) is 0 Å². The Bertz CT molecular complexity index is 413. The zero-order valence-corrected chi connectivity index (χ0v) is 11.3. The van der Waals surface area contributed by atoms with Crippen LogP contribution in [0, 0.1) is 0 Å². The lowest BCUT2D eigenvalue weighted by Crippen LogP contribution is -2.47. The van der Waals surface area contributed by atoms with Crippen LogP contribution in [-0.4, -0.2) is 53.2 Å². The second-order valence-corrected chi connectivity index (χ2v) is 5.14. The Kier molecular flexibility index (Phi) is 3.51. The van der Waals surface area contributed by atoms with Crippen LogP contribution in [0.1, 0.15) is 13.8 Å². The Balaban J connectivity index is 2.30. The molecule has 2 aliphatic rings. The summed E-state index contributed by atoms with van der Waals surface area (Å²) in [5.74, 6) is -0.908. The quantitative estimate of drug-likeness (QED) is 0.745. The largest absolute Gasteiger partial charge is 0.419 e. The Morgan fingerprint density at radius 1 is 1.42 bits per heavy atom. The zero-order valence-electron chi connectivity index (χ0n) is 10.5. The Morgan fingerprint density at radius 2 is 2.00 bits per heavy atom. The summed E-state index contributed by atoms with van der Waals surface area (Å²) in [6.45, 7) is 3.33. The molecule has 0 bridgehead atoms. The van der Waals surface area contributed by atoms with Crippen LogP contribution < -0.4 is 0 Å². The maximum absolute atomic E-state index is 12.8. The van der Waals surface area contributed by atoms with Crippen LogP contribution in [-0.2, 0) is 9.47 Å². The minimum atomic E-state index is -4.71. The van der Waals surface area contributed by atoms with Crippen LogP contribution in [0.5, 0.6) is 0 Å². The van der Waals surface area contributed by atoms with Crippen molar-refractivity contribution in [3.05, 3.63) is 10.7 Å². The number of rotatable bonds is 1. The molecule has 0 spiro atoms. The van der Waals surface area contributed by atoms with E-state index in [-0.39, 0.29) is 6.61 Å². The summed E-state index contributed by atoms with van der Waals surface area (Å²) in [5.41, 5.74) is -1.20. The summed E-state index contributed by atoms with van der Waals surface area (Å²) in [6.07, 6.45) is -7.39. The van der Waals surface area contributed by atoms with E-state index in [2.05, 4.69) is 0 Å². The summed E-state index contributed by atoms with van der Waals surface area (Å²) in [6, 6.07) is 0. The van der Waals surface area contributed by atoms with Gasteiger partial charge in [0.05, 0.1) is 6.61 Å². The molecule has 19 heavy (non-hydrogen) atoms. The number of alkyl halides is 3. The standard InChI is InChI=1S/C10H14ClF3N2O3/c1-9(2)18-4-5(19-9)16-7(11)6(10(12,13)14)8(17)15(16)3/h5,8,17H,4H2,1-3H3. The van der Waals surface area contributed by atoms with Gasteiger partial charge in [-0.1, -0.05) is 11.6 Å². The number of aliphatic hydroxyl groups excluding tert-OH is 1. The summed E-state index contributed by atoms with van der Waals surface area (Å²) < 4.78 is 49.2. The number of ether oxygens (including phenoxy) is 2. The molecule has 0 saturated carbocycles. The van der Waals surface area contributed by atoms with Crippen molar-refractivity contribution in [2.24, 2.45) is 0 Å². The molecule has 0 aromatic carbocycles. The van der Waals surface area contributed by atoms with E-state index in [1.54, 1.807) is 13.8 Å². The topological polar surface area (TPSA) is 45.2 Å². The third-order valence-electron chi connectivity index (χ3n) is 2.95. The maximum atomic E-state index is 12.8. The lowest BCUT2D eigenvalue weighted by Gasteiger charge is -2.33. The van der Waals surface area contributed by atoms with Crippen LogP contribution in [0.4, 0.5) is 13.2 Å². The Labute approximate surface area is 113 Å². The number of hydrazine groups is 1. The average Bonchev–Trinajstić information content (AvgIpc) is 2.66. The first-order valence-electron chi connectivity index (χ1n) is 5.53. The van der Waals surface area contributed by atoms with Crippen molar-refractivity contribution < 1.29 is 27.8 Å². The molecular weight excluding hydrogens is 289 g/mol. The van der Waals surface area contributed by atoms with Crippen LogP contribution in [0.25, 0.3) is 0 Å². The van der Waals surface area contributed by atoms with Crippen molar-refractivity contribution in [3.63, 3.8) is 0 Å². The van der Waals surface area contributed by atoms with E-state index >= 15 is 0 Å². The Morgan fingerprint density at radius 3 is 2.37 bits per heavy atom. The van der Waals surface area contributed by atoms with Gasteiger partial charge in [-0.15, -0.1) is 0 Å². The van der Waals surface area contributed by atoms with E-state index in [4.69, 9.17) is 21.1 Å². The third kappa shape index (κ3) is 2.55. The van der Waals surface area contributed by atoms with Gasteiger partial charge in [0.2, 0.25) is 0 Å². The first-order chi connectivity index (χ1) is 8.54. The summed E-state index contributed by atoms with van der Waals surface area (Å²) >= 11 is 5.74. The number of hydrogen-bond donors (Lipinski definition) is 1. The average molecular weight is 303 g/mol. The fourth-order valence-corrected chi connectivity index (χ4v) is 2.49. The second kappa shape index (κ2) is 4.49. The highest BCUT2D eigenvalue weighted by molar-refractivity contribution is 6.29. The molecule has 9 heteroatoms. The van der Waals surface area contributed by atoms with Gasteiger partial charge in [-0.05, 0) is 13.8 Å². The molecule has 0 radical (unpaired) electrons. The molecule has 2 rings (SSSR count). The number of hydrogen-bond acceptors (Lipinski definition) is 5. The lowest BCUT2D eigenvalue weighted by atomic mass is 10.2. The molecule has 0 aromatic rings. The molecule has 0 aliphatic carbocycles. The molecule has 2 unspecified atom stereocenters. The molecule has 2 aliphatic heterocycles. The van der Waals surface area contributed by atoms with Crippen molar-refractivity contribution in [1.29, 1.82) is 0 Å². The van der Waals surface area contributed by atoms with Gasteiger partial charge < -0.3 is 14.6 Å². The van der Waals surface area contributed by atoms with E-state index < -0.39 is 35.1 Å². The number of aliphatic hydroxyl groups is 1. The highest BCUT2D eigenvalue weighted by Gasteiger charge is 2.52. The number of halogens is 4. The van der Waals surface area contributed by atoms with Gasteiger partial charge in [-0.25, -0.2) is 0 Å². The highest BCUT2D eigenvalue weighted by atomic mass is 35.5. The molecule has 0 aromatic heterocycles. The monoisotopic (exact) mass is 302 g/mol. The zero-order chi connectivity index (χ0) is 14.6. The molecule has 1 saturated heterocycles. The third-order valence-corrected chi connectivity index (χ3v) is 3.32.